The predicted octanol–water partition coefficient (Wildman–Crippen LogP) is 2.75. The zero-order chi connectivity index (χ0) is 15.6. The van der Waals surface area contributed by atoms with Crippen molar-refractivity contribution in [2.24, 2.45) is 5.92 Å². The number of nitrogens with zero attached hydrogens (tertiary/aromatic N) is 1. The van der Waals surface area contributed by atoms with Crippen LogP contribution in [-0.2, 0) is 9.59 Å². The van der Waals surface area contributed by atoms with E-state index in [9.17, 15) is 14.0 Å². The van der Waals surface area contributed by atoms with E-state index in [1.165, 1.54) is 17.0 Å². The summed E-state index contributed by atoms with van der Waals surface area (Å²) in [6, 6.07) is 3.89. The van der Waals surface area contributed by atoms with Crippen molar-refractivity contribution >= 4 is 29.1 Å². The third-order valence-electron chi connectivity index (χ3n) is 3.39. The molecular formula is C15H18ClFN2O2. The molecule has 1 heterocycles. The SMILES string of the molecule is CC(C)CC1NC(=O)CCN(c2cccc(Cl)c2F)C1=O. The summed E-state index contributed by atoms with van der Waals surface area (Å²) in [6.45, 7) is 4.08. The maximum Gasteiger partial charge on any atom is 0.249 e. The normalized spacial score (nSPS) is 19.7. The number of hydrogen-bond acceptors (Lipinski definition) is 2. The van der Waals surface area contributed by atoms with E-state index in [-0.39, 0.29) is 41.4 Å². The van der Waals surface area contributed by atoms with Crippen LogP contribution in [0.5, 0.6) is 0 Å². The lowest BCUT2D eigenvalue weighted by atomic mass is 10.0. The lowest BCUT2D eigenvalue weighted by Crippen LogP contribution is -2.45. The van der Waals surface area contributed by atoms with Crippen LogP contribution in [0.1, 0.15) is 26.7 Å². The smallest absolute Gasteiger partial charge is 0.249 e. The lowest BCUT2D eigenvalue weighted by molar-refractivity contribution is -0.125. The van der Waals surface area contributed by atoms with E-state index in [0.29, 0.717) is 6.42 Å². The molecule has 0 saturated carbocycles. The number of rotatable bonds is 3. The molecule has 1 aliphatic rings. The lowest BCUT2D eigenvalue weighted by Gasteiger charge is -2.25. The minimum absolute atomic E-state index is 0.0377. The first-order chi connectivity index (χ1) is 9.90. The number of anilines is 1. The van der Waals surface area contributed by atoms with Crippen LogP contribution >= 0.6 is 11.6 Å². The number of carbonyl (C=O) groups excluding carboxylic acids is 2. The highest BCUT2D eigenvalue weighted by molar-refractivity contribution is 6.31. The van der Waals surface area contributed by atoms with Gasteiger partial charge in [0.05, 0.1) is 10.7 Å². The molecular weight excluding hydrogens is 295 g/mol. The molecule has 1 aromatic rings. The van der Waals surface area contributed by atoms with Gasteiger partial charge in [-0.15, -0.1) is 0 Å². The highest BCUT2D eigenvalue weighted by Gasteiger charge is 2.32. The fourth-order valence-electron chi connectivity index (χ4n) is 2.41. The Morgan fingerprint density at radius 2 is 2.14 bits per heavy atom. The van der Waals surface area contributed by atoms with Crippen molar-refractivity contribution < 1.29 is 14.0 Å². The molecule has 0 radical (unpaired) electrons. The van der Waals surface area contributed by atoms with Crippen molar-refractivity contribution in [3.63, 3.8) is 0 Å². The van der Waals surface area contributed by atoms with Gasteiger partial charge < -0.3 is 10.2 Å². The molecule has 0 bridgehead atoms. The second-order valence-electron chi connectivity index (χ2n) is 5.56. The van der Waals surface area contributed by atoms with E-state index in [2.05, 4.69) is 5.32 Å². The number of amides is 2. The Kier molecular flexibility index (Phi) is 4.83. The first-order valence-electron chi connectivity index (χ1n) is 6.95. The van der Waals surface area contributed by atoms with Gasteiger partial charge in [0.1, 0.15) is 6.04 Å². The van der Waals surface area contributed by atoms with E-state index >= 15 is 0 Å². The van der Waals surface area contributed by atoms with Gasteiger partial charge in [0.2, 0.25) is 11.8 Å². The Labute approximate surface area is 128 Å². The van der Waals surface area contributed by atoms with Crippen molar-refractivity contribution in [2.45, 2.75) is 32.7 Å². The van der Waals surface area contributed by atoms with E-state index < -0.39 is 11.9 Å². The van der Waals surface area contributed by atoms with Crippen molar-refractivity contribution in [3.05, 3.63) is 29.0 Å². The Balaban J connectivity index is 2.35. The van der Waals surface area contributed by atoms with Gasteiger partial charge in [-0.05, 0) is 24.5 Å². The van der Waals surface area contributed by atoms with Crippen molar-refractivity contribution in [3.8, 4) is 0 Å². The minimum Gasteiger partial charge on any atom is -0.344 e. The molecule has 114 valence electrons. The quantitative estimate of drug-likeness (QED) is 0.933. The molecule has 0 spiro atoms. The number of nitrogens with one attached hydrogen (secondary N) is 1. The Bertz CT molecular complexity index is 563. The Morgan fingerprint density at radius 1 is 1.43 bits per heavy atom. The zero-order valence-corrected chi connectivity index (χ0v) is 12.8. The van der Waals surface area contributed by atoms with Crippen LogP contribution in [-0.4, -0.2) is 24.4 Å². The molecule has 1 aromatic carbocycles. The molecule has 4 nitrogen and oxygen atoms in total. The molecule has 21 heavy (non-hydrogen) atoms. The second kappa shape index (κ2) is 6.43. The van der Waals surface area contributed by atoms with Crippen LogP contribution in [0.15, 0.2) is 18.2 Å². The van der Waals surface area contributed by atoms with Gasteiger partial charge >= 0.3 is 0 Å². The average molecular weight is 313 g/mol. The summed E-state index contributed by atoms with van der Waals surface area (Å²) < 4.78 is 14.1. The first kappa shape index (κ1) is 15.8. The number of hydrogen-bond donors (Lipinski definition) is 1. The summed E-state index contributed by atoms with van der Waals surface area (Å²) in [5.74, 6) is -0.886. The summed E-state index contributed by atoms with van der Waals surface area (Å²) in [6.07, 6.45) is 0.662. The Morgan fingerprint density at radius 3 is 2.81 bits per heavy atom. The minimum atomic E-state index is -0.634. The fraction of sp³-hybridized carbons (Fsp3) is 0.467. The number of carbonyl (C=O) groups is 2. The van der Waals surface area contributed by atoms with Crippen LogP contribution in [0, 0.1) is 11.7 Å². The zero-order valence-electron chi connectivity index (χ0n) is 12.0. The molecule has 1 aliphatic heterocycles. The van der Waals surface area contributed by atoms with Gasteiger partial charge in [-0.3, -0.25) is 9.59 Å². The predicted molar refractivity (Wildman–Crippen MR) is 79.8 cm³/mol. The molecule has 2 rings (SSSR count). The second-order valence-corrected chi connectivity index (χ2v) is 5.97. The van der Waals surface area contributed by atoms with Gasteiger partial charge in [0.15, 0.2) is 5.82 Å². The summed E-state index contributed by atoms with van der Waals surface area (Å²) >= 11 is 5.78. The van der Waals surface area contributed by atoms with Gasteiger partial charge in [0, 0.05) is 13.0 Å². The van der Waals surface area contributed by atoms with Crippen molar-refractivity contribution in [1.82, 2.24) is 5.32 Å². The molecule has 1 atom stereocenters. The van der Waals surface area contributed by atoms with Gasteiger partial charge in [-0.25, -0.2) is 4.39 Å². The van der Waals surface area contributed by atoms with Gasteiger partial charge in [-0.1, -0.05) is 31.5 Å². The van der Waals surface area contributed by atoms with Crippen LogP contribution in [0.25, 0.3) is 0 Å². The molecule has 1 saturated heterocycles. The molecule has 1 N–H and O–H groups in total. The third-order valence-corrected chi connectivity index (χ3v) is 3.68. The van der Waals surface area contributed by atoms with Crippen LogP contribution in [0.3, 0.4) is 0 Å². The molecule has 1 unspecified atom stereocenters. The molecule has 2 amide bonds. The van der Waals surface area contributed by atoms with Crippen molar-refractivity contribution in [1.29, 1.82) is 0 Å². The highest BCUT2D eigenvalue weighted by Crippen LogP contribution is 2.27. The molecule has 0 aromatic heterocycles. The fourth-order valence-corrected chi connectivity index (χ4v) is 2.58. The van der Waals surface area contributed by atoms with Gasteiger partial charge in [-0.2, -0.15) is 0 Å². The summed E-state index contributed by atoms with van der Waals surface area (Å²) in [4.78, 5) is 25.6. The van der Waals surface area contributed by atoms with Crippen LogP contribution in [0.4, 0.5) is 10.1 Å². The molecule has 6 heteroatoms. The maximum atomic E-state index is 14.1. The molecule has 1 fully saturated rings. The van der Waals surface area contributed by atoms with Crippen LogP contribution in [0.2, 0.25) is 5.02 Å². The van der Waals surface area contributed by atoms with Crippen molar-refractivity contribution in [2.75, 3.05) is 11.4 Å². The topological polar surface area (TPSA) is 49.4 Å². The van der Waals surface area contributed by atoms with E-state index in [1.54, 1.807) is 6.07 Å². The van der Waals surface area contributed by atoms with E-state index in [1.807, 2.05) is 13.8 Å². The average Bonchev–Trinajstić information content (AvgIpc) is 2.53. The third kappa shape index (κ3) is 3.53. The van der Waals surface area contributed by atoms with Crippen LogP contribution < -0.4 is 10.2 Å². The summed E-state index contributed by atoms with van der Waals surface area (Å²) in [5, 5.41) is 2.67. The Hall–Kier alpha value is -1.62. The standard InChI is InChI=1S/C15H18ClFN2O2/c1-9(2)8-11-15(21)19(7-6-13(20)18-11)12-5-3-4-10(16)14(12)17/h3-5,9,11H,6-8H2,1-2H3,(H,18,20). The maximum absolute atomic E-state index is 14.1. The van der Waals surface area contributed by atoms with E-state index in [0.717, 1.165) is 0 Å². The number of halogens is 2. The molecule has 0 aliphatic carbocycles. The number of benzene rings is 1. The van der Waals surface area contributed by atoms with Gasteiger partial charge in [0.25, 0.3) is 0 Å². The summed E-state index contributed by atoms with van der Waals surface area (Å²) in [7, 11) is 0. The largest absolute Gasteiger partial charge is 0.344 e. The summed E-state index contributed by atoms with van der Waals surface area (Å²) in [5.41, 5.74) is 0.123. The van der Waals surface area contributed by atoms with E-state index in [4.69, 9.17) is 11.6 Å². The highest BCUT2D eigenvalue weighted by atomic mass is 35.5. The monoisotopic (exact) mass is 312 g/mol. The first-order valence-corrected chi connectivity index (χ1v) is 7.32.